The highest BCUT2D eigenvalue weighted by molar-refractivity contribution is 5.87. The van der Waals surface area contributed by atoms with Crippen molar-refractivity contribution in [2.45, 2.75) is 38.0 Å². The van der Waals surface area contributed by atoms with E-state index in [1.807, 2.05) is 18.2 Å². The highest BCUT2D eigenvalue weighted by Gasteiger charge is 2.30. The molecule has 0 N–H and O–H groups in total. The number of allylic oxidation sites excluding steroid dienone is 4. The molecule has 150 valence electrons. The number of hydrogen-bond donors (Lipinski definition) is 0. The molecule has 0 saturated heterocycles. The molecule has 0 bridgehead atoms. The monoisotopic (exact) mass is 394 g/mol. The quantitative estimate of drug-likeness (QED) is 0.455. The fourth-order valence-corrected chi connectivity index (χ4v) is 5.02. The van der Waals surface area contributed by atoms with Gasteiger partial charge in [0.2, 0.25) is 0 Å². The van der Waals surface area contributed by atoms with Crippen LogP contribution < -0.4 is 0 Å². The Kier molecular flexibility index (Phi) is 5.23. The van der Waals surface area contributed by atoms with Gasteiger partial charge in [-0.1, -0.05) is 72.3 Å². The summed E-state index contributed by atoms with van der Waals surface area (Å²) in [6.45, 7) is 0. The summed E-state index contributed by atoms with van der Waals surface area (Å²) in [5, 5.41) is 0. The minimum absolute atomic E-state index is 0.0771. The maximum Gasteiger partial charge on any atom is 0.140 e. The second kappa shape index (κ2) is 8.31. The third-order valence-electron chi connectivity index (χ3n) is 6.57. The van der Waals surface area contributed by atoms with Crippen LogP contribution in [0.15, 0.2) is 95.1 Å². The Balaban J connectivity index is 1.30. The summed E-state index contributed by atoms with van der Waals surface area (Å²) in [6, 6.07) is 23.0. The highest BCUT2D eigenvalue weighted by Crippen LogP contribution is 2.40. The molecule has 0 fully saturated rings. The van der Waals surface area contributed by atoms with Gasteiger partial charge in [0.25, 0.3) is 0 Å². The van der Waals surface area contributed by atoms with Crippen LogP contribution in [0.2, 0.25) is 0 Å². The van der Waals surface area contributed by atoms with Crippen LogP contribution in [0, 0.1) is 5.92 Å². The lowest BCUT2D eigenvalue weighted by Crippen LogP contribution is -2.13. The molecule has 2 aliphatic rings. The number of fused-ring (bicyclic) bond motifs is 1. The third-order valence-corrected chi connectivity index (χ3v) is 6.57. The van der Waals surface area contributed by atoms with Gasteiger partial charge in [-0.2, -0.15) is 0 Å². The second-order valence-electron chi connectivity index (χ2n) is 8.32. The molecule has 0 radical (unpaired) electrons. The first-order chi connectivity index (χ1) is 14.8. The Morgan fingerprint density at radius 1 is 0.933 bits per heavy atom. The first-order valence-electron chi connectivity index (χ1n) is 10.9. The molecule has 2 aromatic carbocycles. The minimum Gasteiger partial charge on any atom is -0.469 e. The number of furan rings is 1. The van der Waals surface area contributed by atoms with Gasteiger partial charge in [0.1, 0.15) is 11.5 Å². The zero-order valence-corrected chi connectivity index (χ0v) is 17.1. The summed E-state index contributed by atoms with van der Waals surface area (Å²) in [5.74, 6) is 1.71. The van der Waals surface area contributed by atoms with Gasteiger partial charge in [0, 0.05) is 24.7 Å². The first kappa shape index (κ1) is 18.9. The molecular formula is C28H26O2. The fourth-order valence-electron chi connectivity index (χ4n) is 5.02. The largest absolute Gasteiger partial charge is 0.469 e. The average molecular weight is 395 g/mol. The molecule has 2 unspecified atom stereocenters. The van der Waals surface area contributed by atoms with Gasteiger partial charge in [-0.3, -0.25) is 4.79 Å². The smallest absolute Gasteiger partial charge is 0.140 e. The number of Topliss-reactive ketones (excluding diaryl/α,β-unsaturated/α-hetero) is 1. The Morgan fingerprint density at radius 3 is 2.60 bits per heavy atom. The van der Waals surface area contributed by atoms with Crippen LogP contribution >= 0.6 is 0 Å². The molecule has 2 atom stereocenters. The predicted molar refractivity (Wildman–Crippen MR) is 120 cm³/mol. The van der Waals surface area contributed by atoms with E-state index < -0.39 is 0 Å². The zero-order valence-electron chi connectivity index (χ0n) is 17.1. The van der Waals surface area contributed by atoms with Crippen LogP contribution in [0.4, 0.5) is 0 Å². The van der Waals surface area contributed by atoms with Crippen molar-refractivity contribution in [3.05, 3.63) is 113 Å². The van der Waals surface area contributed by atoms with E-state index in [0.29, 0.717) is 12.2 Å². The van der Waals surface area contributed by atoms with E-state index in [1.165, 1.54) is 27.8 Å². The number of hydrogen-bond acceptors (Lipinski definition) is 2. The summed E-state index contributed by atoms with van der Waals surface area (Å²) in [7, 11) is 0. The van der Waals surface area contributed by atoms with Crippen molar-refractivity contribution in [3.63, 3.8) is 0 Å². The topological polar surface area (TPSA) is 30.2 Å². The SMILES string of the molecule is O=C(CCC1=CC=C(c2ccccc2)C1Cc1ccco1)C1CCc2ccccc21. The highest BCUT2D eigenvalue weighted by atomic mass is 16.3. The van der Waals surface area contributed by atoms with Gasteiger partial charge in [0.15, 0.2) is 0 Å². The van der Waals surface area contributed by atoms with Gasteiger partial charge < -0.3 is 4.42 Å². The van der Waals surface area contributed by atoms with Crippen LogP contribution in [0.25, 0.3) is 5.57 Å². The summed E-state index contributed by atoms with van der Waals surface area (Å²) < 4.78 is 5.65. The van der Waals surface area contributed by atoms with Gasteiger partial charge >= 0.3 is 0 Å². The van der Waals surface area contributed by atoms with E-state index in [1.54, 1.807) is 6.26 Å². The number of benzene rings is 2. The Morgan fingerprint density at radius 2 is 1.77 bits per heavy atom. The number of carbonyl (C=O) groups is 1. The van der Waals surface area contributed by atoms with Crippen LogP contribution in [0.3, 0.4) is 0 Å². The normalized spacial score (nSPS) is 20.0. The molecule has 1 aromatic heterocycles. The zero-order chi connectivity index (χ0) is 20.3. The van der Waals surface area contributed by atoms with Gasteiger partial charge in [-0.05, 0) is 53.7 Å². The van der Waals surface area contributed by atoms with E-state index >= 15 is 0 Å². The Bertz CT molecular complexity index is 1090. The summed E-state index contributed by atoms with van der Waals surface area (Å²) in [6.07, 6.45) is 10.4. The van der Waals surface area contributed by atoms with Crippen molar-refractivity contribution in [3.8, 4) is 0 Å². The molecule has 1 heterocycles. The number of ketones is 1. The molecule has 30 heavy (non-hydrogen) atoms. The third kappa shape index (κ3) is 3.70. The van der Waals surface area contributed by atoms with E-state index in [0.717, 1.165) is 31.4 Å². The van der Waals surface area contributed by atoms with Crippen LogP contribution in [-0.4, -0.2) is 5.78 Å². The fraction of sp³-hybridized carbons (Fsp3) is 0.250. The maximum absolute atomic E-state index is 13.1. The van der Waals surface area contributed by atoms with Crippen LogP contribution in [0.1, 0.15) is 47.6 Å². The Hall–Kier alpha value is -3.13. The average Bonchev–Trinajstić information content (AvgIpc) is 3.53. The molecular weight excluding hydrogens is 368 g/mol. The van der Waals surface area contributed by atoms with Crippen molar-refractivity contribution in [2.75, 3.05) is 0 Å². The molecule has 0 saturated carbocycles. The van der Waals surface area contributed by atoms with Gasteiger partial charge in [-0.15, -0.1) is 0 Å². The molecule has 0 spiro atoms. The number of carbonyl (C=O) groups excluding carboxylic acids is 1. The molecule has 0 amide bonds. The summed E-state index contributed by atoms with van der Waals surface area (Å²) in [5.41, 5.74) is 6.50. The molecule has 0 aliphatic heterocycles. The van der Waals surface area contributed by atoms with Gasteiger partial charge in [-0.25, -0.2) is 0 Å². The van der Waals surface area contributed by atoms with E-state index in [9.17, 15) is 4.79 Å². The van der Waals surface area contributed by atoms with Crippen molar-refractivity contribution >= 4 is 11.4 Å². The van der Waals surface area contributed by atoms with Crippen molar-refractivity contribution < 1.29 is 9.21 Å². The first-order valence-corrected chi connectivity index (χ1v) is 10.9. The van der Waals surface area contributed by atoms with E-state index in [-0.39, 0.29) is 11.8 Å². The predicted octanol–water partition coefficient (Wildman–Crippen LogP) is 6.54. The molecule has 2 aliphatic carbocycles. The lowest BCUT2D eigenvalue weighted by atomic mass is 9.84. The van der Waals surface area contributed by atoms with E-state index in [4.69, 9.17) is 4.42 Å². The van der Waals surface area contributed by atoms with Crippen molar-refractivity contribution in [1.82, 2.24) is 0 Å². The van der Waals surface area contributed by atoms with E-state index in [2.05, 4.69) is 60.7 Å². The van der Waals surface area contributed by atoms with Crippen molar-refractivity contribution in [2.24, 2.45) is 5.92 Å². The summed E-state index contributed by atoms with van der Waals surface area (Å²) >= 11 is 0. The lowest BCUT2D eigenvalue weighted by Gasteiger charge is -2.20. The van der Waals surface area contributed by atoms with Crippen LogP contribution in [0.5, 0.6) is 0 Å². The lowest BCUT2D eigenvalue weighted by molar-refractivity contribution is -0.120. The molecule has 2 heteroatoms. The summed E-state index contributed by atoms with van der Waals surface area (Å²) in [4.78, 5) is 13.1. The number of rotatable bonds is 7. The second-order valence-corrected chi connectivity index (χ2v) is 8.32. The number of aryl methyl sites for hydroxylation is 1. The van der Waals surface area contributed by atoms with Crippen LogP contribution in [-0.2, 0) is 17.6 Å². The molecule has 2 nitrogen and oxygen atoms in total. The minimum atomic E-state index is 0.0771. The maximum atomic E-state index is 13.1. The van der Waals surface area contributed by atoms with Gasteiger partial charge in [0.05, 0.1) is 6.26 Å². The molecule has 3 aromatic rings. The standard InChI is InChI=1S/C28H26O2/c29-28(26-16-13-21-9-4-5-11-24(21)26)17-14-22-12-15-25(20-7-2-1-3-8-20)27(22)19-23-10-6-18-30-23/h1-12,15,18,26-27H,13-14,16-17,19H2. The Labute approximate surface area is 177 Å². The molecule has 5 rings (SSSR count). The van der Waals surface area contributed by atoms with Crippen molar-refractivity contribution in [1.29, 1.82) is 0 Å².